The Morgan fingerprint density at radius 3 is 2.79 bits per heavy atom. The molecular formula is C14H14F3N3O3S. The monoisotopic (exact) mass is 361 g/mol. The van der Waals surface area contributed by atoms with Gasteiger partial charge in [0.15, 0.2) is 5.17 Å². The zero-order valence-electron chi connectivity index (χ0n) is 12.6. The highest BCUT2D eigenvalue weighted by Gasteiger charge is 2.32. The van der Waals surface area contributed by atoms with Crippen molar-refractivity contribution in [1.82, 2.24) is 0 Å². The molecule has 1 aromatic rings. The minimum Gasteiger partial charge on any atom is -0.367 e. The minimum atomic E-state index is -4.44. The number of amidine groups is 1. The molecule has 0 saturated carbocycles. The van der Waals surface area contributed by atoms with Crippen LogP contribution >= 0.6 is 11.8 Å². The van der Waals surface area contributed by atoms with Gasteiger partial charge in [-0.05, 0) is 13.0 Å². The van der Waals surface area contributed by atoms with E-state index in [1.165, 1.54) is 4.90 Å². The molecule has 1 aliphatic rings. The molecule has 6 nitrogen and oxygen atoms in total. The topological polar surface area (TPSA) is 85.0 Å². The van der Waals surface area contributed by atoms with Gasteiger partial charge in [-0.25, -0.2) is 4.79 Å². The molecule has 0 radical (unpaired) electrons. The average molecular weight is 361 g/mol. The number of thioether (sulfide) groups is 1. The summed E-state index contributed by atoms with van der Waals surface area (Å²) >= 11 is 1.03. The van der Waals surface area contributed by atoms with Crippen molar-refractivity contribution < 1.29 is 27.5 Å². The molecule has 3 amide bonds. The zero-order valence-corrected chi connectivity index (χ0v) is 13.4. The van der Waals surface area contributed by atoms with E-state index in [4.69, 9.17) is 5.73 Å². The molecule has 24 heavy (non-hydrogen) atoms. The smallest absolute Gasteiger partial charge is 0.367 e. The number of rotatable bonds is 4. The number of amides is 3. The predicted octanol–water partition coefficient (Wildman–Crippen LogP) is 2.59. The summed E-state index contributed by atoms with van der Waals surface area (Å²) in [5, 5.41) is 0.0911. The molecule has 1 aromatic carbocycles. The molecule has 1 aliphatic heterocycles. The van der Waals surface area contributed by atoms with Crippen molar-refractivity contribution >= 4 is 34.6 Å². The van der Waals surface area contributed by atoms with E-state index in [2.05, 4.69) is 9.73 Å². The molecular weight excluding hydrogens is 347 g/mol. The summed E-state index contributed by atoms with van der Waals surface area (Å²) in [6.45, 7) is 0.0239. The second kappa shape index (κ2) is 7.22. The van der Waals surface area contributed by atoms with Crippen LogP contribution in [0.1, 0.15) is 11.1 Å². The lowest BCUT2D eigenvalue weighted by molar-refractivity contribution is -0.176. The largest absolute Gasteiger partial charge is 0.411 e. The van der Waals surface area contributed by atoms with Gasteiger partial charge >= 0.3 is 12.2 Å². The van der Waals surface area contributed by atoms with Crippen LogP contribution in [0.3, 0.4) is 0 Å². The first-order chi connectivity index (χ1) is 11.2. The molecule has 0 aliphatic carbocycles. The summed E-state index contributed by atoms with van der Waals surface area (Å²) in [7, 11) is 0. The number of carbonyl (C=O) groups is 2. The molecule has 1 saturated heterocycles. The third-order valence-electron chi connectivity index (χ3n) is 2.97. The standard InChI is InChI=1S/C14H14F3N3O3S/c1-8-2-3-10(9(4-8)5-23-7-14(15,16)17)20-11(21)6-24-13(20)19-12(18)22/h2-4H,5-7H2,1H3,(H2,18,22). The summed E-state index contributed by atoms with van der Waals surface area (Å²) in [4.78, 5) is 27.8. The van der Waals surface area contributed by atoms with Gasteiger partial charge in [0.25, 0.3) is 0 Å². The van der Waals surface area contributed by atoms with Gasteiger partial charge in [-0.2, -0.15) is 18.2 Å². The first-order valence-corrected chi connectivity index (χ1v) is 7.74. The number of hydrogen-bond acceptors (Lipinski definition) is 4. The Kier molecular flexibility index (Phi) is 5.50. The number of hydrogen-bond donors (Lipinski definition) is 1. The quantitative estimate of drug-likeness (QED) is 0.893. The molecule has 130 valence electrons. The van der Waals surface area contributed by atoms with Crippen LogP contribution in [0.15, 0.2) is 23.2 Å². The molecule has 0 spiro atoms. The Balaban J connectivity index is 2.31. The molecule has 0 atom stereocenters. The van der Waals surface area contributed by atoms with Crippen molar-refractivity contribution in [2.45, 2.75) is 19.7 Å². The molecule has 0 unspecified atom stereocenters. The lowest BCUT2D eigenvalue weighted by atomic mass is 10.1. The van der Waals surface area contributed by atoms with E-state index in [0.29, 0.717) is 11.3 Å². The summed E-state index contributed by atoms with van der Waals surface area (Å²) in [6.07, 6.45) is -4.44. The number of halogens is 3. The maximum Gasteiger partial charge on any atom is 0.411 e. The Bertz CT molecular complexity index is 692. The number of aryl methyl sites for hydroxylation is 1. The second-order valence-electron chi connectivity index (χ2n) is 4.99. The fraction of sp³-hybridized carbons (Fsp3) is 0.357. The Morgan fingerprint density at radius 2 is 2.17 bits per heavy atom. The molecule has 0 aromatic heterocycles. The number of urea groups is 1. The highest BCUT2D eigenvalue weighted by Crippen LogP contribution is 2.31. The first kappa shape index (κ1) is 18.3. The Morgan fingerprint density at radius 1 is 1.46 bits per heavy atom. The third kappa shape index (κ3) is 4.71. The van der Waals surface area contributed by atoms with Gasteiger partial charge in [-0.3, -0.25) is 9.69 Å². The maximum atomic E-state index is 12.2. The summed E-state index contributed by atoms with van der Waals surface area (Å²) in [5.41, 5.74) is 6.51. The van der Waals surface area contributed by atoms with E-state index in [0.717, 1.165) is 17.3 Å². The molecule has 0 bridgehead atoms. The first-order valence-electron chi connectivity index (χ1n) is 6.75. The van der Waals surface area contributed by atoms with E-state index < -0.39 is 18.8 Å². The number of nitrogens with two attached hydrogens (primary N) is 1. The van der Waals surface area contributed by atoms with Crippen molar-refractivity contribution in [3.63, 3.8) is 0 Å². The van der Waals surface area contributed by atoms with Crippen molar-refractivity contribution in [2.75, 3.05) is 17.3 Å². The van der Waals surface area contributed by atoms with Crippen LogP contribution in [0, 0.1) is 6.92 Å². The SMILES string of the molecule is Cc1ccc(N2C(=O)CSC2=NC(N)=O)c(COCC(F)(F)F)c1. The number of ether oxygens (including phenoxy) is 1. The summed E-state index contributed by atoms with van der Waals surface area (Å²) in [6, 6.07) is 3.92. The fourth-order valence-corrected chi connectivity index (χ4v) is 2.97. The normalized spacial score (nSPS) is 16.9. The van der Waals surface area contributed by atoms with Crippen LogP contribution in [0.5, 0.6) is 0 Å². The van der Waals surface area contributed by atoms with Crippen LogP contribution in [0.25, 0.3) is 0 Å². The highest BCUT2D eigenvalue weighted by molar-refractivity contribution is 8.15. The van der Waals surface area contributed by atoms with Crippen LogP contribution in [-0.2, 0) is 16.1 Å². The third-order valence-corrected chi connectivity index (χ3v) is 3.89. The van der Waals surface area contributed by atoms with Gasteiger partial charge < -0.3 is 10.5 Å². The summed E-state index contributed by atoms with van der Waals surface area (Å²) in [5.74, 6) is -0.288. The van der Waals surface area contributed by atoms with Crippen LogP contribution in [0.4, 0.5) is 23.7 Å². The molecule has 2 rings (SSSR count). The number of aliphatic imine (C=N–C) groups is 1. The van der Waals surface area contributed by atoms with Crippen LogP contribution < -0.4 is 10.6 Å². The average Bonchev–Trinajstić information content (AvgIpc) is 2.78. The van der Waals surface area contributed by atoms with Gasteiger partial charge in [0, 0.05) is 5.56 Å². The van der Waals surface area contributed by atoms with E-state index in [1.54, 1.807) is 25.1 Å². The van der Waals surface area contributed by atoms with E-state index in [9.17, 15) is 22.8 Å². The Hall–Kier alpha value is -2.07. The lowest BCUT2D eigenvalue weighted by Crippen LogP contribution is -2.31. The molecule has 10 heteroatoms. The van der Waals surface area contributed by atoms with Crippen LogP contribution in [-0.4, -0.2) is 35.6 Å². The van der Waals surface area contributed by atoms with Gasteiger partial charge in [0.1, 0.15) is 6.61 Å². The van der Waals surface area contributed by atoms with Crippen molar-refractivity contribution in [3.05, 3.63) is 29.3 Å². The van der Waals surface area contributed by atoms with E-state index in [-0.39, 0.29) is 23.4 Å². The van der Waals surface area contributed by atoms with Gasteiger partial charge in [-0.15, -0.1) is 0 Å². The lowest BCUT2D eigenvalue weighted by Gasteiger charge is -2.20. The number of alkyl halides is 3. The van der Waals surface area contributed by atoms with E-state index in [1.807, 2.05) is 0 Å². The summed E-state index contributed by atoms with van der Waals surface area (Å²) < 4.78 is 41.4. The number of anilines is 1. The number of carbonyl (C=O) groups excluding carboxylic acids is 2. The molecule has 1 fully saturated rings. The van der Waals surface area contributed by atoms with Gasteiger partial charge in [0.05, 0.1) is 18.0 Å². The van der Waals surface area contributed by atoms with E-state index >= 15 is 0 Å². The second-order valence-corrected chi connectivity index (χ2v) is 5.93. The van der Waals surface area contributed by atoms with Crippen molar-refractivity contribution in [1.29, 1.82) is 0 Å². The minimum absolute atomic E-state index is 0.0584. The van der Waals surface area contributed by atoms with Gasteiger partial charge in [0.2, 0.25) is 5.91 Å². The molecule has 2 N–H and O–H groups in total. The molecule has 1 heterocycles. The predicted molar refractivity (Wildman–Crippen MR) is 83.9 cm³/mol. The maximum absolute atomic E-state index is 12.2. The van der Waals surface area contributed by atoms with Crippen molar-refractivity contribution in [3.8, 4) is 0 Å². The Labute approximate surface area is 139 Å². The fourth-order valence-electron chi connectivity index (χ4n) is 2.10. The van der Waals surface area contributed by atoms with Gasteiger partial charge in [-0.1, -0.05) is 29.5 Å². The van der Waals surface area contributed by atoms with Crippen LogP contribution in [0.2, 0.25) is 0 Å². The van der Waals surface area contributed by atoms with Crippen molar-refractivity contribution in [2.24, 2.45) is 10.7 Å². The number of benzene rings is 1. The zero-order chi connectivity index (χ0) is 17.9. The highest BCUT2D eigenvalue weighted by atomic mass is 32.2. The number of primary amides is 1. The number of nitrogens with zero attached hydrogens (tertiary/aromatic N) is 2.